The van der Waals surface area contributed by atoms with Crippen LogP contribution in [0.4, 0.5) is 13.2 Å². The average Bonchev–Trinajstić information content (AvgIpc) is 3.24. The first-order chi connectivity index (χ1) is 11.0. The summed E-state index contributed by atoms with van der Waals surface area (Å²) in [5.41, 5.74) is -0.858. The van der Waals surface area contributed by atoms with Gasteiger partial charge in [-0.05, 0) is 52.5 Å². The molecule has 1 heterocycles. The molecule has 2 atom stereocenters. The molecule has 2 fully saturated rings. The number of halogens is 3. The Morgan fingerprint density at radius 2 is 1.71 bits per heavy atom. The molecule has 0 aromatic heterocycles. The second kappa shape index (κ2) is 5.37. The molecule has 0 amide bonds. The van der Waals surface area contributed by atoms with Gasteiger partial charge in [-0.25, -0.2) is 0 Å². The lowest BCUT2D eigenvalue weighted by molar-refractivity contribution is -0.165. The van der Waals surface area contributed by atoms with E-state index in [1.807, 2.05) is 33.8 Å². The number of nitriles is 1. The van der Waals surface area contributed by atoms with Crippen LogP contribution in [0.3, 0.4) is 0 Å². The number of rotatable bonds is 2. The molecule has 0 spiro atoms. The van der Waals surface area contributed by atoms with Crippen LogP contribution in [0.2, 0.25) is 5.82 Å². The van der Waals surface area contributed by atoms with Crippen LogP contribution < -0.4 is 0 Å². The lowest BCUT2D eigenvalue weighted by Gasteiger charge is -2.33. The Bertz CT molecular complexity index is 625. The van der Waals surface area contributed by atoms with Gasteiger partial charge in [-0.15, -0.1) is 0 Å². The second-order valence-electron chi connectivity index (χ2n) is 7.87. The highest BCUT2D eigenvalue weighted by molar-refractivity contribution is 6.48. The lowest BCUT2D eigenvalue weighted by atomic mass is 9.59. The Kier molecular flexibility index (Phi) is 3.93. The molecule has 3 rings (SSSR count). The van der Waals surface area contributed by atoms with Crippen molar-refractivity contribution < 1.29 is 22.5 Å². The SMILES string of the molecule is CC1(C)OB(C2C=C(C#N)C=C(C3CC3)C2C(F)(F)F)OC1(C)C. The van der Waals surface area contributed by atoms with Crippen molar-refractivity contribution in [2.45, 2.75) is 63.7 Å². The summed E-state index contributed by atoms with van der Waals surface area (Å²) in [4.78, 5) is 0. The summed E-state index contributed by atoms with van der Waals surface area (Å²) in [7, 11) is -1.02. The highest BCUT2D eigenvalue weighted by atomic mass is 19.4. The van der Waals surface area contributed by atoms with Gasteiger partial charge in [-0.3, -0.25) is 0 Å². The third kappa shape index (κ3) is 2.91. The maximum atomic E-state index is 13.8. The Balaban J connectivity index is 2.00. The number of hydrogen-bond acceptors (Lipinski definition) is 3. The van der Waals surface area contributed by atoms with E-state index in [1.165, 1.54) is 12.2 Å². The Labute approximate surface area is 140 Å². The van der Waals surface area contributed by atoms with Gasteiger partial charge in [0.15, 0.2) is 0 Å². The molecular formula is C17H21BF3NO2. The third-order valence-corrected chi connectivity index (χ3v) is 5.55. The number of alkyl halides is 3. The maximum Gasteiger partial charge on any atom is 0.466 e. The molecule has 1 aliphatic heterocycles. The van der Waals surface area contributed by atoms with Gasteiger partial charge in [-0.1, -0.05) is 11.6 Å². The Morgan fingerprint density at radius 3 is 2.12 bits per heavy atom. The predicted molar refractivity (Wildman–Crippen MR) is 83.9 cm³/mol. The quantitative estimate of drug-likeness (QED) is 0.699. The predicted octanol–water partition coefficient (Wildman–Crippen LogP) is 4.43. The molecule has 0 radical (unpaired) electrons. The van der Waals surface area contributed by atoms with Crippen LogP contribution >= 0.6 is 0 Å². The highest BCUT2D eigenvalue weighted by Gasteiger charge is 2.60. The van der Waals surface area contributed by atoms with E-state index in [0.717, 1.165) is 12.8 Å². The van der Waals surface area contributed by atoms with Crippen LogP contribution in [-0.2, 0) is 9.31 Å². The molecule has 2 unspecified atom stereocenters. The first-order valence-electron chi connectivity index (χ1n) is 8.22. The highest BCUT2D eigenvalue weighted by Crippen LogP contribution is 2.55. The fourth-order valence-corrected chi connectivity index (χ4v) is 3.39. The Morgan fingerprint density at radius 1 is 1.17 bits per heavy atom. The molecular weight excluding hydrogens is 318 g/mol. The zero-order valence-corrected chi connectivity index (χ0v) is 14.3. The van der Waals surface area contributed by atoms with Crippen LogP contribution in [-0.4, -0.2) is 24.5 Å². The molecule has 3 nitrogen and oxygen atoms in total. The van der Waals surface area contributed by atoms with Crippen molar-refractivity contribution in [1.29, 1.82) is 5.26 Å². The van der Waals surface area contributed by atoms with E-state index in [-0.39, 0.29) is 11.5 Å². The molecule has 1 saturated heterocycles. The van der Waals surface area contributed by atoms with Crippen molar-refractivity contribution >= 4 is 7.12 Å². The van der Waals surface area contributed by atoms with Gasteiger partial charge in [0.2, 0.25) is 0 Å². The summed E-state index contributed by atoms with van der Waals surface area (Å²) in [6, 6.07) is 1.99. The van der Waals surface area contributed by atoms with Crippen LogP contribution in [0.15, 0.2) is 23.3 Å². The molecule has 1 saturated carbocycles. The summed E-state index contributed by atoms with van der Waals surface area (Å²) >= 11 is 0. The summed E-state index contributed by atoms with van der Waals surface area (Å²) in [5.74, 6) is -2.78. The average molecular weight is 339 g/mol. The first kappa shape index (κ1) is 17.6. The standard InChI is InChI=1S/C17H21BF3NO2/c1-15(2)16(3,4)24-18(23-15)13-8-10(9-22)7-12(11-5-6-11)14(13)17(19,20)21/h7-8,11,13-14H,5-6H2,1-4H3. The maximum absolute atomic E-state index is 13.8. The molecule has 0 aromatic carbocycles. The van der Waals surface area contributed by atoms with Gasteiger partial charge in [0.05, 0.1) is 23.2 Å². The van der Waals surface area contributed by atoms with E-state index in [9.17, 15) is 18.4 Å². The van der Waals surface area contributed by atoms with Crippen LogP contribution in [0.25, 0.3) is 0 Å². The normalized spacial score (nSPS) is 32.2. The van der Waals surface area contributed by atoms with Gasteiger partial charge in [0, 0.05) is 11.4 Å². The molecule has 0 bridgehead atoms. The number of nitrogens with zero attached hydrogens (tertiary/aromatic N) is 1. The van der Waals surface area contributed by atoms with E-state index >= 15 is 0 Å². The minimum absolute atomic E-state index is 0.0846. The summed E-state index contributed by atoms with van der Waals surface area (Å²) in [6.45, 7) is 7.24. The van der Waals surface area contributed by atoms with Crippen molar-refractivity contribution in [2.75, 3.05) is 0 Å². The van der Waals surface area contributed by atoms with Crippen molar-refractivity contribution in [3.63, 3.8) is 0 Å². The lowest BCUT2D eigenvalue weighted by Crippen LogP contribution is -2.41. The summed E-state index contributed by atoms with van der Waals surface area (Å²) < 4.78 is 53.2. The molecule has 130 valence electrons. The van der Waals surface area contributed by atoms with Crippen molar-refractivity contribution in [2.24, 2.45) is 11.8 Å². The molecule has 0 N–H and O–H groups in total. The number of allylic oxidation sites excluding steroid dienone is 4. The number of hydrogen-bond donors (Lipinski definition) is 0. The zero-order valence-electron chi connectivity index (χ0n) is 14.3. The van der Waals surface area contributed by atoms with E-state index in [4.69, 9.17) is 9.31 Å². The monoisotopic (exact) mass is 339 g/mol. The van der Waals surface area contributed by atoms with Crippen LogP contribution in [0.1, 0.15) is 40.5 Å². The van der Waals surface area contributed by atoms with Crippen molar-refractivity contribution in [3.8, 4) is 6.07 Å². The van der Waals surface area contributed by atoms with Crippen molar-refractivity contribution in [3.05, 3.63) is 23.3 Å². The van der Waals surface area contributed by atoms with E-state index in [2.05, 4.69) is 0 Å². The Hall–Kier alpha value is -1.26. The zero-order chi connectivity index (χ0) is 17.9. The van der Waals surface area contributed by atoms with Gasteiger partial charge in [0.25, 0.3) is 0 Å². The summed E-state index contributed by atoms with van der Waals surface area (Å²) in [6.07, 6.45) is -0.135. The van der Waals surface area contributed by atoms with E-state index in [0.29, 0.717) is 5.57 Å². The smallest absolute Gasteiger partial charge is 0.403 e. The van der Waals surface area contributed by atoms with Gasteiger partial charge < -0.3 is 9.31 Å². The van der Waals surface area contributed by atoms with Gasteiger partial charge in [0.1, 0.15) is 0 Å². The molecule has 3 aliphatic rings. The van der Waals surface area contributed by atoms with Gasteiger partial charge >= 0.3 is 13.3 Å². The minimum atomic E-state index is -4.40. The summed E-state index contributed by atoms with van der Waals surface area (Å²) in [5, 5.41) is 9.24. The second-order valence-corrected chi connectivity index (χ2v) is 7.87. The largest absolute Gasteiger partial charge is 0.466 e. The van der Waals surface area contributed by atoms with E-state index < -0.39 is 36.2 Å². The minimum Gasteiger partial charge on any atom is -0.403 e. The molecule has 2 aliphatic carbocycles. The topological polar surface area (TPSA) is 42.2 Å². The van der Waals surface area contributed by atoms with Crippen molar-refractivity contribution in [1.82, 2.24) is 0 Å². The van der Waals surface area contributed by atoms with Crippen LogP contribution in [0, 0.1) is 23.2 Å². The molecule has 24 heavy (non-hydrogen) atoms. The van der Waals surface area contributed by atoms with E-state index in [1.54, 1.807) is 0 Å². The van der Waals surface area contributed by atoms with Crippen LogP contribution in [0.5, 0.6) is 0 Å². The molecule has 0 aromatic rings. The first-order valence-corrected chi connectivity index (χ1v) is 8.22. The fourth-order valence-electron chi connectivity index (χ4n) is 3.39. The fraction of sp³-hybridized carbons (Fsp3) is 0.706. The third-order valence-electron chi connectivity index (χ3n) is 5.55. The molecule has 7 heteroatoms. The van der Waals surface area contributed by atoms with Gasteiger partial charge in [-0.2, -0.15) is 18.4 Å².